The quantitative estimate of drug-likeness (QED) is 0.101. The number of hydrogen-bond donors (Lipinski definition) is 1. The van der Waals surface area contributed by atoms with E-state index in [1.54, 1.807) is 12.3 Å². The molecule has 4 heteroatoms. The van der Waals surface area contributed by atoms with Crippen LogP contribution in [0.5, 0.6) is 0 Å². The first-order valence-corrected chi connectivity index (χ1v) is 18.8. The molecule has 6 aromatic carbocycles. The number of benzene rings is 6. The summed E-state index contributed by atoms with van der Waals surface area (Å²) in [6, 6.07) is 51.9. The Kier molecular flexibility index (Phi) is 10.4. The summed E-state index contributed by atoms with van der Waals surface area (Å²) in [5.74, 6) is 0. The van der Waals surface area contributed by atoms with E-state index < -0.39 is 0 Å². The average Bonchev–Trinajstić information content (AvgIpc) is 3.60. The standard InChI is InChI=1S/C52H42N4/c1-4-18-40(50-25-16-17-33-54-50)32-34-55(43-28-26-41(27-29-43)49(5-2)53-6-3)45-30-31-51-47(37-45)48-36-42(38-19-10-7-11-20-38)35-46(39-21-12-8-13-22-39)52(48)56(51)44-23-14-9-15-24-44/h4-32,34-37,54H,1-3,33H2/b34-32-,40-18+,53-49?. The normalized spacial score (nSPS) is 13.1. The molecule has 0 radical (unpaired) electrons. The zero-order chi connectivity index (χ0) is 38.3. The van der Waals surface area contributed by atoms with Crippen LogP contribution >= 0.6 is 0 Å². The molecule has 0 saturated heterocycles. The molecule has 7 aromatic rings. The Hall–Kier alpha value is -7.43. The lowest BCUT2D eigenvalue weighted by Gasteiger charge is -2.22. The molecule has 1 N–H and O–H groups in total. The number of nitrogens with zero attached hydrogens (tertiary/aromatic N) is 3. The third-order valence-corrected chi connectivity index (χ3v) is 10.0. The number of para-hydroxylation sites is 1. The molecule has 0 fully saturated rings. The van der Waals surface area contributed by atoms with Gasteiger partial charge in [0.1, 0.15) is 0 Å². The minimum Gasteiger partial charge on any atom is -0.381 e. The Morgan fingerprint density at radius 1 is 0.696 bits per heavy atom. The summed E-state index contributed by atoms with van der Waals surface area (Å²) in [5, 5.41) is 5.83. The van der Waals surface area contributed by atoms with E-state index in [0.29, 0.717) is 0 Å². The highest BCUT2D eigenvalue weighted by Crippen LogP contribution is 2.43. The van der Waals surface area contributed by atoms with E-state index in [-0.39, 0.29) is 0 Å². The fraction of sp³-hybridized carbons (Fsp3) is 0.0192. The zero-order valence-corrected chi connectivity index (χ0v) is 31.2. The maximum atomic E-state index is 4.42. The molecular weight excluding hydrogens is 681 g/mol. The third-order valence-electron chi connectivity index (χ3n) is 10.0. The van der Waals surface area contributed by atoms with E-state index in [9.17, 15) is 0 Å². The van der Waals surface area contributed by atoms with Gasteiger partial charge in [-0.05, 0) is 95.1 Å². The van der Waals surface area contributed by atoms with Gasteiger partial charge in [-0.3, -0.25) is 4.99 Å². The fourth-order valence-corrected chi connectivity index (χ4v) is 7.40. The molecule has 1 aromatic heterocycles. The molecule has 56 heavy (non-hydrogen) atoms. The highest BCUT2D eigenvalue weighted by Gasteiger charge is 2.20. The number of anilines is 2. The number of hydrogen-bond acceptors (Lipinski definition) is 3. The molecule has 4 nitrogen and oxygen atoms in total. The van der Waals surface area contributed by atoms with Gasteiger partial charge in [-0.2, -0.15) is 0 Å². The molecule has 1 aliphatic heterocycles. The van der Waals surface area contributed by atoms with Gasteiger partial charge in [0.2, 0.25) is 0 Å². The van der Waals surface area contributed by atoms with Crippen LogP contribution in [-0.2, 0) is 0 Å². The molecule has 2 heterocycles. The molecule has 0 spiro atoms. The Labute approximate surface area is 329 Å². The second-order valence-electron chi connectivity index (χ2n) is 13.4. The Morgan fingerprint density at radius 3 is 2.05 bits per heavy atom. The molecule has 8 rings (SSSR count). The van der Waals surface area contributed by atoms with Crippen molar-refractivity contribution in [3.05, 3.63) is 237 Å². The first kappa shape index (κ1) is 35.6. The van der Waals surface area contributed by atoms with Crippen LogP contribution in [0.15, 0.2) is 237 Å². The minimum absolute atomic E-state index is 0.770. The lowest BCUT2D eigenvalue weighted by molar-refractivity contribution is 0.908. The Morgan fingerprint density at radius 2 is 1.39 bits per heavy atom. The van der Waals surface area contributed by atoms with Crippen LogP contribution in [0.4, 0.5) is 11.4 Å². The van der Waals surface area contributed by atoms with Crippen molar-refractivity contribution in [1.82, 2.24) is 9.88 Å². The molecule has 0 atom stereocenters. The average molecular weight is 723 g/mol. The molecular formula is C52H42N4. The summed E-state index contributed by atoms with van der Waals surface area (Å²) in [4.78, 5) is 6.66. The van der Waals surface area contributed by atoms with E-state index in [2.05, 4.69) is 216 Å². The number of allylic oxidation sites excluding steroid dienone is 6. The monoisotopic (exact) mass is 722 g/mol. The molecule has 270 valence electrons. The Bertz CT molecular complexity index is 2710. The van der Waals surface area contributed by atoms with Crippen LogP contribution in [0.1, 0.15) is 5.56 Å². The summed E-state index contributed by atoms with van der Waals surface area (Å²) < 4.78 is 2.41. The van der Waals surface area contributed by atoms with Crippen LogP contribution in [-0.4, -0.2) is 16.8 Å². The van der Waals surface area contributed by atoms with Crippen LogP contribution in [0.3, 0.4) is 0 Å². The smallest absolute Gasteiger partial charge is 0.0695 e. The molecule has 0 unspecified atom stereocenters. The highest BCUT2D eigenvalue weighted by molar-refractivity contribution is 6.16. The van der Waals surface area contributed by atoms with Gasteiger partial charge in [0.05, 0.1) is 16.7 Å². The predicted octanol–water partition coefficient (Wildman–Crippen LogP) is 13.0. The van der Waals surface area contributed by atoms with Crippen molar-refractivity contribution in [3.63, 3.8) is 0 Å². The van der Waals surface area contributed by atoms with Gasteiger partial charge in [0.15, 0.2) is 0 Å². The summed E-state index contributed by atoms with van der Waals surface area (Å²) in [6.07, 6.45) is 17.7. The van der Waals surface area contributed by atoms with Crippen molar-refractivity contribution in [3.8, 4) is 27.9 Å². The van der Waals surface area contributed by atoms with Gasteiger partial charge >= 0.3 is 0 Å². The van der Waals surface area contributed by atoms with Crippen molar-refractivity contribution in [1.29, 1.82) is 0 Å². The first-order chi connectivity index (χ1) is 27.7. The van der Waals surface area contributed by atoms with Crippen molar-refractivity contribution in [2.75, 3.05) is 11.4 Å². The van der Waals surface area contributed by atoms with Crippen LogP contribution in [0.25, 0.3) is 49.7 Å². The first-order valence-electron chi connectivity index (χ1n) is 18.8. The Balaban J connectivity index is 1.39. The van der Waals surface area contributed by atoms with Gasteiger partial charge in [-0.1, -0.05) is 135 Å². The zero-order valence-electron chi connectivity index (χ0n) is 31.2. The van der Waals surface area contributed by atoms with Crippen molar-refractivity contribution < 1.29 is 0 Å². The van der Waals surface area contributed by atoms with Crippen molar-refractivity contribution >= 4 is 38.9 Å². The number of dihydropyridines is 1. The lowest BCUT2D eigenvalue weighted by Crippen LogP contribution is -2.17. The number of aromatic nitrogens is 1. The number of aliphatic imine (C=N–C) groups is 1. The molecule has 0 saturated carbocycles. The van der Waals surface area contributed by atoms with Crippen molar-refractivity contribution in [2.45, 2.75) is 0 Å². The number of nitrogens with one attached hydrogen (secondary N) is 1. The molecule has 0 bridgehead atoms. The third kappa shape index (κ3) is 7.12. The highest BCUT2D eigenvalue weighted by atomic mass is 15.1. The molecule has 1 aliphatic rings. The number of fused-ring (bicyclic) bond motifs is 3. The number of rotatable bonds is 12. The van der Waals surface area contributed by atoms with E-state index in [4.69, 9.17) is 0 Å². The van der Waals surface area contributed by atoms with Gasteiger partial charge in [-0.15, -0.1) is 0 Å². The largest absolute Gasteiger partial charge is 0.381 e. The second-order valence-corrected chi connectivity index (χ2v) is 13.4. The summed E-state index contributed by atoms with van der Waals surface area (Å²) >= 11 is 0. The van der Waals surface area contributed by atoms with Gasteiger partial charge in [-0.25, -0.2) is 0 Å². The fourth-order valence-electron chi connectivity index (χ4n) is 7.40. The van der Waals surface area contributed by atoms with E-state index in [0.717, 1.165) is 57.1 Å². The van der Waals surface area contributed by atoms with Gasteiger partial charge in [0.25, 0.3) is 0 Å². The maximum Gasteiger partial charge on any atom is 0.0695 e. The maximum absolute atomic E-state index is 4.42. The van der Waals surface area contributed by atoms with Crippen LogP contribution in [0.2, 0.25) is 0 Å². The van der Waals surface area contributed by atoms with Crippen LogP contribution < -0.4 is 10.2 Å². The van der Waals surface area contributed by atoms with Gasteiger partial charge < -0.3 is 14.8 Å². The molecule has 0 aliphatic carbocycles. The molecule has 0 amide bonds. The lowest BCUT2D eigenvalue weighted by atomic mass is 9.95. The minimum atomic E-state index is 0.770. The van der Waals surface area contributed by atoms with E-state index in [1.165, 1.54) is 33.2 Å². The van der Waals surface area contributed by atoms with Gasteiger partial charge in [0, 0.05) is 63.6 Å². The predicted molar refractivity (Wildman–Crippen MR) is 240 cm³/mol. The van der Waals surface area contributed by atoms with E-state index in [1.807, 2.05) is 12.2 Å². The van der Waals surface area contributed by atoms with Crippen LogP contribution in [0, 0.1) is 0 Å². The topological polar surface area (TPSA) is 32.6 Å². The summed E-state index contributed by atoms with van der Waals surface area (Å²) in [5.41, 5.74) is 13.9. The van der Waals surface area contributed by atoms with E-state index >= 15 is 0 Å². The second kappa shape index (κ2) is 16.3. The SMILES string of the molecule is C=C/C=C(\C=C/N(c1ccc(C(C=C)=NC=C)cc1)c1ccc2c(c1)c1cc(-c3ccccc3)cc(-c3ccccc3)c1n2-c1ccccc1)C1=CC=CCN1. The summed E-state index contributed by atoms with van der Waals surface area (Å²) in [6.45, 7) is 12.5. The van der Waals surface area contributed by atoms with Crippen molar-refractivity contribution in [2.24, 2.45) is 4.99 Å². The summed E-state index contributed by atoms with van der Waals surface area (Å²) in [7, 11) is 0.